The summed E-state index contributed by atoms with van der Waals surface area (Å²) in [5, 5.41) is 19.5. The molecule has 0 saturated carbocycles. The lowest BCUT2D eigenvalue weighted by molar-refractivity contribution is -0.275. The van der Waals surface area contributed by atoms with Crippen LogP contribution in [0, 0.1) is 0 Å². The number of hydrogen-bond acceptors (Lipinski definition) is 6. The smallest absolute Gasteiger partial charge is 0.507 e. The van der Waals surface area contributed by atoms with Gasteiger partial charge in [-0.1, -0.05) is 51.4 Å². The first-order valence-electron chi connectivity index (χ1n) is 13.1. The third-order valence-corrected chi connectivity index (χ3v) is 5.75. The van der Waals surface area contributed by atoms with Gasteiger partial charge in [0.1, 0.15) is 23.0 Å². The summed E-state index contributed by atoms with van der Waals surface area (Å²) in [6.45, 7) is 1.03. The Hall–Kier alpha value is -3.44. The molecule has 0 aliphatic heterocycles. The Morgan fingerprint density at radius 1 is 0.550 bits per heavy atom. The molecule has 6 nitrogen and oxygen atoms in total. The third kappa shape index (κ3) is 14.6. The van der Waals surface area contributed by atoms with E-state index in [0.29, 0.717) is 13.1 Å². The molecule has 0 aromatic heterocycles. The second-order valence-corrected chi connectivity index (χ2v) is 9.14. The maximum absolute atomic E-state index is 12.3. The zero-order valence-corrected chi connectivity index (χ0v) is 22.0. The van der Waals surface area contributed by atoms with Crippen molar-refractivity contribution in [1.82, 2.24) is 0 Å². The lowest BCUT2D eigenvalue weighted by Gasteiger charge is -2.09. The number of aromatic hydroxyl groups is 2. The van der Waals surface area contributed by atoms with Gasteiger partial charge in [-0.2, -0.15) is 0 Å². The molecular formula is C28H34F6N2O4. The largest absolute Gasteiger partial charge is 0.573 e. The van der Waals surface area contributed by atoms with E-state index in [1.807, 2.05) is 0 Å². The van der Waals surface area contributed by atoms with Crippen LogP contribution in [0.2, 0.25) is 0 Å². The van der Waals surface area contributed by atoms with Crippen LogP contribution >= 0.6 is 0 Å². The summed E-state index contributed by atoms with van der Waals surface area (Å²) in [4.78, 5) is 8.35. The molecule has 12 heteroatoms. The minimum atomic E-state index is -4.80. The van der Waals surface area contributed by atoms with Crippen molar-refractivity contribution < 1.29 is 46.0 Å². The highest BCUT2D eigenvalue weighted by molar-refractivity contribution is 5.84. The van der Waals surface area contributed by atoms with E-state index >= 15 is 0 Å². The molecule has 0 heterocycles. The summed E-state index contributed by atoms with van der Waals surface area (Å²) in [6, 6.07) is 6.52. The molecule has 0 spiro atoms. The Bertz CT molecular complexity index is 1000. The Balaban J connectivity index is 1.48. The summed E-state index contributed by atoms with van der Waals surface area (Å²) in [7, 11) is 0. The second-order valence-electron chi connectivity index (χ2n) is 9.14. The summed E-state index contributed by atoms with van der Waals surface area (Å²) < 4.78 is 81.6. The van der Waals surface area contributed by atoms with Crippen LogP contribution in [0.15, 0.2) is 46.4 Å². The number of rotatable bonds is 17. The van der Waals surface area contributed by atoms with Gasteiger partial charge in [-0.25, -0.2) is 0 Å². The van der Waals surface area contributed by atoms with Crippen molar-refractivity contribution in [3.63, 3.8) is 0 Å². The normalized spacial score (nSPS) is 12.4. The van der Waals surface area contributed by atoms with Crippen LogP contribution in [0.5, 0.6) is 23.0 Å². The standard InChI is InChI=1S/C28H34F6N2O4/c29-27(30,31)39-23-11-13-25(37)21(17-23)19-35-15-9-7-5-3-1-2-4-6-8-10-16-36-20-22-18-24(12-14-26(22)38)40-28(32,33)34/h11-14,17-20,37-38H,1-10,15-16H2. The minimum absolute atomic E-state index is 0.164. The highest BCUT2D eigenvalue weighted by Crippen LogP contribution is 2.28. The maximum Gasteiger partial charge on any atom is 0.573 e. The van der Waals surface area contributed by atoms with E-state index < -0.39 is 24.2 Å². The fraction of sp³-hybridized carbons (Fsp3) is 0.500. The minimum Gasteiger partial charge on any atom is -0.507 e. The van der Waals surface area contributed by atoms with Gasteiger partial charge < -0.3 is 19.7 Å². The van der Waals surface area contributed by atoms with E-state index in [1.165, 1.54) is 12.4 Å². The molecule has 0 atom stereocenters. The Labute approximate surface area is 229 Å². The molecule has 40 heavy (non-hydrogen) atoms. The maximum atomic E-state index is 12.3. The monoisotopic (exact) mass is 576 g/mol. The number of aliphatic imine (C=N–C) groups is 2. The van der Waals surface area contributed by atoms with Gasteiger partial charge in [0.05, 0.1) is 0 Å². The number of phenols is 2. The van der Waals surface area contributed by atoms with Gasteiger partial charge in [0.2, 0.25) is 0 Å². The predicted octanol–water partition coefficient (Wildman–Crippen LogP) is 8.33. The number of benzene rings is 2. The molecule has 0 amide bonds. The van der Waals surface area contributed by atoms with Gasteiger partial charge in [0, 0.05) is 36.6 Å². The number of halogens is 6. The average Bonchev–Trinajstić information content (AvgIpc) is 2.85. The van der Waals surface area contributed by atoms with Crippen LogP contribution in [-0.2, 0) is 0 Å². The molecular weight excluding hydrogens is 542 g/mol. The first-order chi connectivity index (χ1) is 18.9. The highest BCUT2D eigenvalue weighted by atomic mass is 19.4. The van der Waals surface area contributed by atoms with Gasteiger partial charge in [-0.05, 0) is 49.2 Å². The molecule has 0 bridgehead atoms. The summed E-state index contributed by atoms with van der Waals surface area (Å²) in [5.74, 6) is -1.17. The van der Waals surface area contributed by atoms with Crippen molar-refractivity contribution in [3.8, 4) is 23.0 Å². The number of ether oxygens (including phenoxy) is 2. The lowest BCUT2D eigenvalue weighted by atomic mass is 10.1. The van der Waals surface area contributed by atoms with E-state index in [1.54, 1.807) is 0 Å². The van der Waals surface area contributed by atoms with E-state index in [9.17, 15) is 36.6 Å². The number of nitrogens with zero attached hydrogens (tertiary/aromatic N) is 2. The fourth-order valence-corrected chi connectivity index (χ4v) is 3.81. The Kier molecular flexibility index (Phi) is 13.6. The second kappa shape index (κ2) is 16.6. The predicted molar refractivity (Wildman–Crippen MR) is 141 cm³/mol. The molecule has 0 saturated heterocycles. The molecule has 0 aliphatic carbocycles. The molecule has 222 valence electrons. The molecule has 2 aromatic rings. The topological polar surface area (TPSA) is 83.6 Å². The van der Waals surface area contributed by atoms with Crippen LogP contribution in [0.3, 0.4) is 0 Å². The number of phenolic OH excluding ortho intramolecular Hbond substituents is 2. The Morgan fingerprint density at radius 2 is 0.875 bits per heavy atom. The Morgan fingerprint density at radius 3 is 1.20 bits per heavy atom. The number of alkyl halides is 6. The van der Waals surface area contributed by atoms with E-state index in [0.717, 1.165) is 101 Å². The molecule has 2 aromatic carbocycles. The van der Waals surface area contributed by atoms with Gasteiger partial charge in [0.25, 0.3) is 0 Å². The van der Waals surface area contributed by atoms with Crippen molar-refractivity contribution in [2.24, 2.45) is 9.98 Å². The van der Waals surface area contributed by atoms with Crippen molar-refractivity contribution >= 4 is 12.4 Å². The van der Waals surface area contributed by atoms with Crippen LogP contribution in [-0.4, -0.2) is 48.5 Å². The molecule has 0 fully saturated rings. The molecule has 2 N–H and O–H groups in total. The van der Waals surface area contributed by atoms with Crippen LogP contribution in [0.4, 0.5) is 26.3 Å². The van der Waals surface area contributed by atoms with Gasteiger partial charge in [0.15, 0.2) is 0 Å². The number of hydrogen-bond donors (Lipinski definition) is 2. The van der Waals surface area contributed by atoms with Crippen molar-refractivity contribution in [3.05, 3.63) is 47.5 Å². The lowest BCUT2D eigenvalue weighted by Crippen LogP contribution is -2.17. The van der Waals surface area contributed by atoms with E-state index in [-0.39, 0.29) is 22.6 Å². The zero-order chi connectivity index (χ0) is 29.4. The first kappa shape index (κ1) is 32.8. The van der Waals surface area contributed by atoms with Gasteiger partial charge >= 0.3 is 12.7 Å². The van der Waals surface area contributed by atoms with Crippen molar-refractivity contribution in [2.75, 3.05) is 13.1 Å². The molecule has 0 aliphatic rings. The first-order valence-corrected chi connectivity index (χ1v) is 13.1. The molecule has 0 unspecified atom stereocenters. The van der Waals surface area contributed by atoms with Crippen molar-refractivity contribution in [2.45, 2.75) is 76.9 Å². The third-order valence-electron chi connectivity index (χ3n) is 5.75. The van der Waals surface area contributed by atoms with Crippen LogP contribution < -0.4 is 9.47 Å². The summed E-state index contributed by atoms with van der Waals surface area (Å²) >= 11 is 0. The molecule has 2 rings (SSSR count). The van der Waals surface area contributed by atoms with Gasteiger partial charge in [-0.3, -0.25) is 9.98 Å². The average molecular weight is 577 g/mol. The molecule has 0 radical (unpaired) electrons. The van der Waals surface area contributed by atoms with Crippen LogP contribution in [0.1, 0.15) is 75.3 Å². The summed E-state index contributed by atoms with van der Waals surface area (Å²) in [6.07, 6.45) is 3.32. The highest BCUT2D eigenvalue weighted by Gasteiger charge is 2.32. The van der Waals surface area contributed by atoms with E-state index in [2.05, 4.69) is 19.5 Å². The quantitative estimate of drug-likeness (QED) is 0.113. The van der Waals surface area contributed by atoms with Crippen LogP contribution in [0.25, 0.3) is 0 Å². The SMILES string of the molecule is Oc1ccc(OC(F)(F)F)cc1C=NCCCCCCCCCCCCN=Cc1cc(OC(F)(F)F)ccc1O. The summed E-state index contributed by atoms with van der Waals surface area (Å²) in [5.41, 5.74) is 0.329. The fourth-order valence-electron chi connectivity index (χ4n) is 3.81. The van der Waals surface area contributed by atoms with Crippen molar-refractivity contribution in [1.29, 1.82) is 0 Å². The zero-order valence-electron chi connectivity index (χ0n) is 22.0. The van der Waals surface area contributed by atoms with Gasteiger partial charge in [-0.15, -0.1) is 26.3 Å². The number of unbranched alkanes of at least 4 members (excludes halogenated alkanes) is 9. The van der Waals surface area contributed by atoms with E-state index in [4.69, 9.17) is 0 Å².